The molecule has 0 atom stereocenters. The van der Waals surface area contributed by atoms with Gasteiger partial charge in [-0.2, -0.15) is 0 Å². The topological polar surface area (TPSA) is 44.8 Å². The van der Waals surface area contributed by atoms with E-state index in [4.69, 9.17) is 9.47 Å². The summed E-state index contributed by atoms with van der Waals surface area (Å²) in [7, 11) is 1.45. The maximum atomic E-state index is 11.0. The van der Waals surface area contributed by atoms with Crippen LogP contribution in [-0.2, 0) is 19.0 Å². The summed E-state index contributed by atoms with van der Waals surface area (Å²) in [6.45, 7) is 3.73. The maximum absolute atomic E-state index is 11.0. The van der Waals surface area contributed by atoms with Gasteiger partial charge in [0.25, 0.3) is 0 Å². The van der Waals surface area contributed by atoms with E-state index in [0.717, 1.165) is 45.3 Å². The number of hydrogen-bond donors (Lipinski definition) is 0. The summed E-state index contributed by atoms with van der Waals surface area (Å²) in [5.41, 5.74) is 0. The molecule has 0 aliphatic carbocycles. The van der Waals surface area contributed by atoms with E-state index in [9.17, 15) is 4.79 Å². The van der Waals surface area contributed by atoms with Crippen molar-refractivity contribution in [3.63, 3.8) is 0 Å². The molecule has 0 aromatic carbocycles. The third-order valence-corrected chi connectivity index (χ3v) is 4.64. The van der Waals surface area contributed by atoms with Gasteiger partial charge in [0, 0.05) is 19.3 Å². The van der Waals surface area contributed by atoms with Crippen LogP contribution < -0.4 is 0 Å². The minimum atomic E-state index is -0.293. The predicted octanol–water partition coefficient (Wildman–Crippen LogP) is 4.99. The van der Waals surface area contributed by atoms with Crippen LogP contribution in [0.15, 0.2) is 0 Å². The van der Waals surface area contributed by atoms with Crippen molar-refractivity contribution < 1.29 is 19.0 Å². The Balaban J connectivity index is 2.07. The first-order valence-corrected chi connectivity index (χ1v) is 9.57. The number of methoxy groups -OCH3 is 1. The number of hydrogen-bond acceptors (Lipinski definition) is 4. The molecule has 0 spiro atoms. The zero-order chi connectivity index (χ0) is 16.8. The Bertz CT molecular complexity index is 298. The average molecular weight is 328 g/mol. The van der Waals surface area contributed by atoms with Gasteiger partial charge in [0.15, 0.2) is 5.79 Å². The lowest BCUT2D eigenvalue weighted by atomic mass is 9.99. The fraction of sp³-hybridized carbons (Fsp3) is 0.947. The summed E-state index contributed by atoms with van der Waals surface area (Å²) in [4.78, 5) is 11.0. The van der Waals surface area contributed by atoms with Gasteiger partial charge in [0.1, 0.15) is 0 Å². The van der Waals surface area contributed by atoms with Gasteiger partial charge in [-0.25, -0.2) is 0 Å². The van der Waals surface area contributed by atoms with E-state index in [1.54, 1.807) is 0 Å². The normalized spacial score (nSPS) is 16.6. The first-order valence-electron chi connectivity index (χ1n) is 9.57. The second kappa shape index (κ2) is 12.8. The van der Waals surface area contributed by atoms with Crippen LogP contribution in [-0.4, -0.2) is 32.1 Å². The molecular formula is C19H36O4. The Labute approximate surface area is 142 Å². The van der Waals surface area contributed by atoms with Crippen LogP contribution in [0.3, 0.4) is 0 Å². The molecular weight excluding hydrogens is 292 g/mol. The van der Waals surface area contributed by atoms with Crippen molar-refractivity contribution in [1.82, 2.24) is 0 Å². The third kappa shape index (κ3) is 9.31. The van der Waals surface area contributed by atoms with E-state index in [1.807, 2.05) is 0 Å². The van der Waals surface area contributed by atoms with Gasteiger partial charge in [0.05, 0.1) is 20.3 Å². The van der Waals surface area contributed by atoms with E-state index in [2.05, 4.69) is 11.7 Å². The van der Waals surface area contributed by atoms with E-state index in [-0.39, 0.29) is 11.8 Å². The van der Waals surface area contributed by atoms with Crippen LogP contribution in [0, 0.1) is 0 Å². The molecule has 4 nitrogen and oxygen atoms in total. The third-order valence-electron chi connectivity index (χ3n) is 4.64. The van der Waals surface area contributed by atoms with E-state index < -0.39 is 0 Å². The summed E-state index contributed by atoms with van der Waals surface area (Å²) in [6, 6.07) is 0. The Morgan fingerprint density at radius 2 is 1.39 bits per heavy atom. The number of carbonyl (C=O) groups is 1. The SMILES string of the molecule is CCCCCCCC1(CCCCCCCC(=O)OC)OCCO1. The van der Waals surface area contributed by atoms with Crippen molar-refractivity contribution in [2.45, 2.75) is 96.2 Å². The molecule has 0 aromatic rings. The van der Waals surface area contributed by atoms with Gasteiger partial charge >= 0.3 is 5.97 Å². The highest BCUT2D eigenvalue weighted by molar-refractivity contribution is 5.68. The van der Waals surface area contributed by atoms with Crippen LogP contribution in [0.4, 0.5) is 0 Å². The van der Waals surface area contributed by atoms with Crippen LogP contribution in [0.2, 0.25) is 0 Å². The molecule has 1 fully saturated rings. The number of unbranched alkanes of at least 4 members (excludes halogenated alkanes) is 8. The smallest absolute Gasteiger partial charge is 0.305 e. The van der Waals surface area contributed by atoms with Crippen molar-refractivity contribution in [1.29, 1.82) is 0 Å². The van der Waals surface area contributed by atoms with Gasteiger partial charge in [-0.3, -0.25) is 4.79 Å². The van der Waals surface area contributed by atoms with Gasteiger partial charge in [0.2, 0.25) is 0 Å². The van der Waals surface area contributed by atoms with Crippen molar-refractivity contribution in [2.24, 2.45) is 0 Å². The molecule has 1 aliphatic heterocycles. The van der Waals surface area contributed by atoms with Crippen molar-refractivity contribution >= 4 is 5.97 Å². The summed E-state index contributed by atoms with van der Waals surface area (Å²) in [5.74, 6) is -0.391. The zero-order valence-electron chi connectivity index (χ0n) is 15.2. The molecule has 0 radical (unpaired) electrons. The van der Waals surface area contributed by atoms with Gasteiger partial charge in [-0.1, -0.05) is 51.9 Å². The maximum Gasteiger partial charge on any atom is 0.305 e. The van der Waals surface area contributed by atoms with Crippen molar-refractivity contribution in [3.8, 4) is 0 Å². The first kappa shape index (κ1) is 20.4. The molecule has 136 valence electrons. The fourth-order valence-electron chi connectivity index (χ4n) is 3.20. The summed E-state index contributed by atoms with van der Waals surface area (Å²) >= 11 is 0. The standard InChI is InChI=1S/C19H36O4/c1-3-4-5-8-11-14-19(22-16-17-23-19)15-12-9-6-7-10-13-18(20)21-2/h3-17H2,1-2H3. The average Bonchev–Trinajstić information content (AvgIpc) is 3.02. The molecule has 0 unspecified atom stereocenters. The highest BCUT2D eigenvalue weighted by atomic mass is 16.7. The van der Waals surface area contributed by atoms with Crippen molar-refractivity contribution in [2.75, 3.05) is 20.3 Å². The molecule has 0 aromatic heterocycles. The summed E-state index contributed by atoms with van der Waals surface area (Å²) < 4.78 is 16.5. The first-order chi connectivity index (χ1) is 11.2. The minimum Gasteiger partial charge on any atom is -0.469 e. The Morgan fingerprint density at radius 3 is 1.96 bits per heavy atom. The highest BCUT2D eigenvalue weighted by Crippen LogP contribution is 2.31. The Hall–Kier alpha value is -0.610. The summed E-state index contributed by atoms with van der Waals surface area (Å²) in [6.07, 6.45) is 14.6. The molecule has 1 rings (SSSR count). The molecule has 0 saturated carbocycles. The van der Waals surface area contributed by atoms with Crippen LogP contribution in [0.5, 0.6) is 0 Å². The second-order valence-corrected chi connectivity index (χ2v) is 6.62. The molecule has 1 saturated heterocycles. The summed E-state index contributed by atoms with van der Waals surface area (Å²) in [5, 5.41) is 0. The molecule has 4 heteroatoms. The largest absolute Gasteiger partial charge is 0.469 e. The van der Waals surface area contributed by atoms with Gasteiger partial charge in [-0.15, -0.1) is 0 Å². The highest BCUT2D eigenvalue weighted by Gasteiger charge is 2.34. The molecule has 0 N–H and O–H groups in total. The predicted molar refractivity (Wildman–Crippen MR) is 92.3 cm³/mol. The Morgan fingerprint density at radius 1 is 0.870 bits per heavy atom. The lowest BCUT2D eigenvalue weighted by Crippen LogP contribution is -2.30. The van der Waals surface area contributed by atoms with Gasteiger partial charge in [-0.05, 0) is 19.3 Å². The molecule has 1 heterocycles. The van der Waals surface area contributed by atoms with E-state index in [0.29, 0.717) is 6.42 Å². The molecule has 23 heavy (non-hydrogen) atoms. The number of esters is 1. The Kier molecular flexibility index (Phi) is 11.3. The van der Waals surface area contributed by atoms with Crippen LogP contribution in [0.25, 0.3) is 0 Å². The van der Waals surface area contributed by atoms with Crippen LogP contribution in [0.1, 0.15) is 90.4 Å². The molecule has 0 amide bonds. The zero-order valence-corrected chi connectivity index (χ0v) is 15.2. The van der Waals surface area contributed by atoms with Crippen molar-refractivity contribution in [3.05, 3.63) is 0 Å². The fourth-order valence-corrected chi connectivity index (χ4v) is 3.20. The van der Waals surface area contributed by atoms with E-state index >= 15 is 0 Å². The monoisotopic (exact) mass is 328 g/mol. The lowest BCUT2D eigenvalue weighted by molar-refractivity contribution is -0.168. The number of rotatable bonds is 14. The number of ether oxygens (including phenoxy) is 3. The minimum absolute atomic E-state index is 0.0974. The lowest BCUT2D eigenvalue weighted by Gasteiger charge is -2.27. The molecule has 1 aliphatic rings. The van der Waals surface area contributed by atoms with E-state index in [1.165, 1.54) is 52.1 Å². The number of carbonyl (C=O) groups excluding carboxylic acids is 1. The van der Waals surface area contributed by atoms with Gasteiger partial charge < -0.3 is 14.2 Å². The molecule has 0 bridgehead atoms. The van der Waals surface area contributed by atoms with Crippen LogP contribution >= 0.6 is 0 Å². The quantitative estimate of drug-likeness (QED) is 0.333. The second-order valence-electron chi connectivity index (χ2n) is 6.62.